The fourth-order valence-electron chi connectivity index (χ4n) is 1.82. The van der Waals surface area contributed by atoms with E-state index in [-0.39, 0.29) is 0 Å². The molecule has 0 saturated carbocycles. The molecular formula is C13H11N3. The van der Waals surface area contributed by atoms with Crippen LogP contribution in [0.3, 0.4) is 0 Å². The van der Waals surface area contributed by atoms with Gasteiger partial charge in [0.25, 0.3) is 0 Å². The summed E-state index contributed by atoms with van der Waals surface area (Å²) in [5.41, 5.74) is 9.08. The fourth-order valence-corrected chi connectivity index (χ4v) is 1.82. The standard InChI is InChI=1S/C13H11N3/c14-13-7-12-6-11(8-16(12)9-15-13)10-4-2-1-3-5-10/h1-9H,14H2. The average Bonchev–Trinajstić information content (AvgIpc) is 2.73. The van der Waals surface area contributed by atoms with Crippen LogP contribution in [0.2, 0.25) is 0 Å². The number of anilines is 1. The number of benzene rings is 1. The van der Waals surface area contributed by atoms with Crippen LogP contribution in [0.1, 0.15) is 0 Å². The van der Waals surface area contributed by atoms with E-state index in [4.69, 9.17) is 5.73 Å². The Hall–Kier alpha value is -2.29. The minimum Gasteiger partial charge on any atom is -0.384 e. The first-order valence-electron chi connectivity index (χ1n) is 5.11. The number of nitrogen functional groups attached to an aromatic ring is 1. The summed E-state index contributed by atoms with van der Waals surface area (Å²) in [6, 6.07) is 14.2. The minimum atomic E-state index is 0.546. The number of nitrogens with zero attached hydrogens (tertiary/aromatic N) is 2. The summed E-state index contributed by atoms with van der Waals surface area (Å²) < 4.78 is 1.97. The molecule has 0 unspecified atom stereocenters. The second-order valence-corrected chi connectivity index (χ2v) is 3.74. The molecule has 3 nitrogen and oxygen atoms in total. The van der Waals surface area contributed by atoms with Crippen LogP contribution < -0.4 is 5.73 Å². The number of aromatic nitrogens is 2. The van der Waals surface area contributed by atoms with Gasteiger partial charge in [0.1, 0.15) is 12.1 Å². The van der Waals surface area contributed by atoms with Crippen LogP contribution in [0.25, 0.3) is 16.6 Å². The summed E-state index contributed by atoms with van der Waals surface area (Å²) in [5, 5.41) is 0. The molecule has 16 heavy (non-hydrogen) atoms. The Morgan fingerprint density at radius 2 is 1.81 bits per heavy atom. The molecule has 0 atom stereocenters. The third kappa shape index (κ3) is 1.42. The number of hydrogen-bond acceptors (Lipinski definition) is 2. The molecule has 1 aromatic carbocycles. The van der Waals surface area contributed by atoms with Crippen LogP contribution in [0.5, 0.6) is 0 Å². The van der Waals surface area contributed by atoms with E-state index in [0.29, 0.717) is 5.82 Å². The van der Waals surface area contributed by atoms with Crippen LogP contribution in [0, 0.1) is 0 Å². The number of rotatable bonds is 1. The largest absolute Gasteiger partial charge is 0.384 e. The van der Waals surface area contributed by atoms with Gasteiger partial charge in [-0.15, -0.1) is 0 Å². The van der Waals surface area contributed by atoms with Crippen molar-refractivity contribution in [2.45, 2.75) is 0 Å². The summed E-state index contributed by atoms with van der Waals surface area (Å²) >= 11 is 0. The summed E-state index contributed by atoms with van der Waals surface area (Å²) in [6.45, 7) is 0. The third-order valence-corrected chi connectivity index (χ3v) is 2.61. The van der Waals surface area contributed by atoms with Crippen LogP contribution in [-0.2, 0) is 0 Å². The zero-order valence-corrected chi connectivity index (χ0v) is 8.67. The van der Waals surface area contributed by atoms with Crippen molar-refractivity contribution in [1.29, 1.82) is 0 Å². The van der Waals surface area contributed by atoms with Crippen molar-refractivity contribution >= 4 is 11.3 Å². The molecule has 0 aliphatic rings. The van der Waals surface area contributed by atoms with Crippen molar-refractivity contribution in [2.24, 2.45) is 0 Å². The highest BCUT2D eigenvalue weighted by Crippen LogP contribution is 2.22. The molecule has 3 rings (SSSR count). The molecule has 3 aromatic rings. The normalized spacial score (nSPS) is 10.8. The summed E-state index contributed by atoms with van der Waals surface area (Å²) in [5.74, 6) is 0.546. The molecular weight excluding hydrogens is 198 g/mol. The molecule has 0 radical (unpaired) electrons. The van der Waals surface area contributed by atoms with Crippen molar-refractivity contribution in [1.82, 2.24) is 9.38 Å². The lowest BCUT2D eigenvalue weighted by molar-refractivity contribution is 1.10. The summed E-state index contributed by atoms with van der Waals surface area (Å²) in [4.78, 5) is 4.06. The first-order valence-corrected chi connectivity index (χ1v) is 5.11. The first-order chi connectivity index (χ1) is 7.83. The van der Waals surface area contributed by atoms with Gasteiger partial charge in [-0.05, 0) is 11.6 Å². The van der Waals surface area contributed by atoms with E-state index in [1.54, 1.807) is 6.33 Å². The molecule has 0 aliphatic carbocycles. The van der Waals surface area contributed by atoms with Gasteiger partial charge in [-0.2, -0.15) is 0 Å². The van der Waals surface area contributed by atoms with Gasteiger partial charge in [-0.25, -0.2) is 4.98 Å². The van der Waals surface area contributed by atoms with Gasteiger partial charge in [0, 0.05) is 17.8 Å². The molecule has 2 aromatic heterocycles. The molecule has 3 heteroatoms. The Morgan fingerprint density at radius 1 is 1.00 bits per heavy atom. The monoisotopic (exact) mass is 209 g/mol. The summed E-state index contributed by atoms with van der Waals surface area (Å²) in [7, 11) is 0. The van der Waals surface area contributed by atoms with Gasteiger partial charge in [0.05, 0.1) is 5.52 Å². The highest BCUT2D eigenvalue weighted by atomic mass is 15.0. The minimum absolute atomic E-state index is 0.546. The predicted molar refractivity (Wildman–Crippen MR) is 65.0 cm³/mol. The zero-order valence-electron chi connectivity index (χ0n) is 8.67. The molecule has 0 saturated heterocycles. The van der Waals surface area contributed by atoms with Gasteiger partial charge >= 0.3 is 0 Å². The van der Waals surface area contributed by atoms with Gasteiger partial charge in [-0.1, -0.05) is 30.3 Å². The lowest BCUT2D eigenvalue weighted by Gasteiger charge is -1.94. The summed E-state index contributed by atoms with van der Waals surface area (Å²) in [6.07, 6.45) is 3.79. The van der Waals surface area contributed by atoms with E-state index in [2.05, 4.69) is 29.4 Å². The molecule has 2 N–H and O–H groups in total. The highest BCUT2D eigenvalue weighted by molar-refractivity contribution is 5.71. The van der Waals surface area contributed by atoms with Crippen LogP contribution in [0.15, 0.2) is 55.0 Å². The van der Waals surface area contributed by atoms with Gasteiger partial charge in [0.15, 0.2) is 0 Å². The van der Waals surface area contributed by atoms with Crippen molar-refractivity contribution in [2.75, 3.05) is 5.73 Å². The van der Waals surface area contributed by atoms with Crippen molar-refractivity contribution < 1.29 is 0 Å². The molecule has 0 fully saturated rings. The van der Waals surface area contributed by atoms with Gasteiger partial charge in [-0.3, -0.25) is 0 Å². The number of hydrogen-bond donors (Lipinski definition) is 1. The number of fused-ring (bicyclic) bond motifs is 1. The van der Waals surface area contributed by atoms with Crippen molar-refractivity contribution in [3.05, 3.63) is 55.0 Å². The van der Waals surface area contributed by atoms with Crippen LogP contribution >= 0.6 is 0 Å². The molecule has 0 bridgehead atoms. The second-order valence-electron chi connectivity index (χ2n) is 3.74. The highest BCUT2D eigenvalue weighted by Gasteiger charge is 2.02. The lowest BCUT2D eigenvalue weighted by atomic mass is 10.1. The number of nitrogens with two attached hydrogens (primary N) is 1. The van der Waals surface area contributed by atoms with E-state index in [0.717, 1.165) is 5.52 Å². The molecule has 78 valence electrons. The van der Waals surface area contributed by atoms with Gasteiger partial charge in [0.2, 0.25) is 0 Å². The van der Waals surface area contributed by atoms with Crippen LogP contribution in [-0.4, -0.2) is 9.38 Å². The first kappa shape index (κ1) is 8.97. The van der Waals surface area contributed by atoms with E-state index < -0.39 is 0 Å². The Morgan fingerprint density at radius 3 is 2.62 bits per heavy atom. The van der Waals surface area contributed by atoms with Gasteiger partial charge < -0.3 is 10.1 Å². The Balaban J connectivity index is 2.19. The van der Waals surface area contributed by atoms with E-state index in [9.17, 15) is 0 Å². The Kier molecular flexibility index (Phi) is 1.90. The lowest BCUT2D eigenvalue weighted by Crippen LogP contribution is -1.91. The van der Waals surface area contributed by atoms with E-state index >= 15 is 0 Å². The van der Waals surface area contributed by atoms with E-state index in [1.807, 2.05) is 28.7 Å². The second kappa shape index (κ2) is 3.38. The van der Waals surface area contributed by atoms with Crippen LogP contribution in [0.4, 0.5) is 5.82 Å². The van der Waals surface area contributed by atoms with Crippen molar-refractivity contribution in [3.8, 4) is 11.1 Å². The maximum Gasteiger partial charge on any atom is 0.127 e. The average molecular weight is 209 g/mol. The SMILES string of the molecule is Nc1cc2cc(-c3ccccc3)cn2cn1. The molecule has 0 aliphatic heterocycles. The molecule has 0 amide bonds. The fraction of sp³-hybridized carbons (Fsp3) is 0. The topological polar surface area (TPSA) is 43.3 Å². The quantitative estimate of drug-likeness (QED) is 0.669. The predicted octanol–water partition coefficient (Wildman–Crippen LogP) is 2.58. The molecule has 0 spiro atoms. The smallest absolute Gasteiger partial charge is 0.127 e. The van der Waals surface area contributed by atoms with Crippen molar-refractivity contribution in [3.63, 3.8) is 0 Å². The van der Waals surface area contributed by atoms with E-state index in [1.165, 1.54) is 11.1 Å². The maximum absolute atomic E-state index is 5.65. The Labute approximate surface area is 93.2 Å². The maximum atomic E-state index is 5.65. The Bertz CT molecular complexity index is 626. The zero-order chi connectivity index (χ0) is 11.0. The third-order valence-electron chi connectivity index (χ3n) is 2.61. The molecule has 2 heterocycles.